The maximum Gasteiger partial charge on any atom is 0.265 e. The van der Waals surface area contributed by atoms with Crippen molar-refractivity contribution in [1.29, 1.82) is 0 Å². The maximum atomic E-state index is 12.9. The average molecular weight is 369 g/mol. The minimum absolute atomic E-state index is 0.275. The maximum absolute atomic E-state index is 12.9. The average Bonchev–Trinajstić information content (AvgIpc) is 2.94. The van der Waals surface area contributed by atoms with Crippen molar-refractivity contribution in [2.75, 3.05) is 11.9 Å². The van der Waals surface area contributed by atoms with Crippen molar-refractivity contribution < 1.29 is 13.9 Å². The smallest absolute Gasteiger partial charge is 0.265 e. The molecule has 0 aliphatic carbocycles. The van der Waals surface area contributed by atoms with Crippen molar-refractivity contribution in [3.63, 3.8) is 0 Å². The molecule has 3 rings (SSSR count). The van der Waals surface area contributed by atoms with Gasteiger partial charge in [0.1, 0.15) is 29.3 Å². The molecule has 0 unspecified atom stereocenters. The first-order chi connectivity index (χ1) is 13.0. The number of anilines is 1. The van der Waals surface area contributed by atoms with Gasteiger partial charge < -0.3 is 14.5 Å². The van der Waals surface area contributed by atoms with E-state index in [0.717, 1.165) is 11.3 Å². The number of hydrogen-bond acceptors (Lipinski definition) is 5. The Morgan fingerprint density at radius 3 is 2.59 bits per heavy atom. The second-order valence-corrected chi connectivity index (χ2v) is 6.29. The molecule has 1 atom stereocenters. The summed E-state index contributed by atoms with van der Waals surface area (Å²) in [5, 5.41) is 3.27. The van der Waals surface area contributed by atoms with Crippen LogP contribution in [0.5, 0.6) is 5.75 Å². The van der Waals surface area contributed by atoms with Crippen LogP contribution in [0.4, 0.5) is 5.69 Å². The molecule has 2 aromatic heterocycles. The van der Waals surface area contributed by atoms with Gasteiger partial charge in [0.2, 0.25) is 11.6 Å². The van der Waals surface area contributed by atoms with Crippen molar-refractivity contribution in [1.82, 2.24) is 9.55 Å². The predicted molar refractivity (Wildman–Crippen MR) is 103 cm³/mol. The van der Waals surface area contributed by atoms with Crippen LogP contribution in [0.3, 0.4) is 0 Å². The fourth-order valence-corrected chi connectivity index (χ4v) is 3.01. The lowest BCUT2D eigenvalue weighted by Gasteiger charge is -2.17. The number of carbonyl (C=O) groups is 1. The molecule has 0 radical (unpaired) electrons. The molecule has 3 aromatic rings. The summed E-state index contributed by atoms with van der Waals surface area (Å²) >= 11 is 0. The predicted octanol–water partition coefficient (Wildman–Crippen LogP) is 3.59. The number of furan rings is 1. The highest BCUT2D eigenvalue weighted by Crippen LogP contribution is 2.22. The van der Waals surface area contributed by atoms with Gasteiger partial charge in [-0.15, -0.1) is 0 Å². The van der Waals surface area contributed by atoms with Gasteiger partial charge in [0.15, 0.2) is 0 Å². The van der Waals surface area contributed by atoms with Gasteiger partial charge >= 0.3 is 0 Å². The summed E-state index contributed by atoms with van der Waals surface area (Å²) in [6.07, 6.45) is 1.82. The molecule has 7 nitrogen and oxygen atoms in total. The Kier molecular flexibility index (Phi) is 5.30. The highest BCUT2D eigenvalue weighted by Gasteiger charge is 2.23. The van der Waals surface area contributed by atoms with E-state index in [1.807, 2.05) is 20.8 Å². The third kappa shape index (κ3) is 3.58. The molecule has 0 aliphatic heterocycles. The normalized spacial score (nSPS) is 12.1. The molecule has 2 heterocycles. The van der Waals surface area contributed by atoms with Crippen LogP contribution in [0, 0.1) is 13.8 Å². The number of rotatable bonds is 6. The quantitative estimate of drug-likeness (QED) is 0.717. The summed E-state index contributed by atoms with van der Waals surface area (Å²) in [5.74, 6) is 1.11. The molecule has 0 saturated carbocycles. The van der Waals surface area contributed by atoms with E-state index in [0.29, 0.717) is 35.6 Å². The van der Waals surface area contributed by atoms with Crippen LogP contribution in [0.15, 0.2) is 39.8 Å². The van der Waals surface area contributed by atoms with E-state index in [1.54, 1.807) is 31.2 Å². The number of ether oxygens (including phenoxy) is 1. The number of benzene rings is 1. The summed E-state index contributed by atoms with van der Waals surface area (Å²) in [7, 11) is 0. The van der Waals surface area contributed by atoms with Crippen LogP contribution >= 0.6 is 0 Å². The van der Waals surface area contributed by atoms with Gasteiger partial charge in [0.25, 0.3) is 5.56 Å². The lowest BCUT2D eigenvalue weighted by atomic mass is 10.1. The van der Waals surface area contributed by atoms with Crippen molar-refractivity contribution in [3.05, 3.63) is 52.3 Å². The van der Waals surface area contributed by atoms with Crippen LogP contribution < -0.4 is 15.6 Å². The Hall–Kier alpha value is -3.09. The molecule has 142 valence electrons. The third-order valence-electron chi connectivity index (χ3n) is 4.57. The fraction of sp³-hybridized carbons (Fsp3) is 0.350. The van der Waals surface area contributed by atoms with E-state index >= 15 is 0 Å². The van der Waals surface area contributed by atoms with Crippen LogP contribution in [0.25, 0.3) is 11.1 Å². The molecule has 0 fully saturated rings. The number of fused-ring (bicyclic) bond motifs is 1. The molecule has 0 spiro atoms. The van der Waals surface area contributed by atoms with Crippen LogP contribution in [-0.4, -0.2) is 22.1 Å². The summed E-state index contributed by atoms with van der Waals surface area (Å²) in [5.41, 5.74) is 1.41. The van der Waals surface area contributed by atoms with Gasteiger partial charge in [-0.25, -0.2) is 4.98 Å². The molecule has 27 heavy (non-hydrogen) atoms. The standard InChI is InChI=1S/C20H23N3O4/c1-5-16(18(24)22-14-7-9-15(10-8-14)26-6-2)23-11-21-19-17(20(23)25)12(3)13(4)27-19/h7-11,16H,5-6H2,1-4H3,(H,22,24)/t16-/m1/s1. The Labute approximate surface area is 157 Å². The Balaban J connectivity index is 1.89. The largest absolute Gasteiger partial charge is 0.494 e. The molecule has 1 aromatic carbocycles. The first-order valence-electron chi connectivity index (χ1n) is 8.96. The molecule has 1 N–H and O–H groups in total. The monoisotopic (exact) mass is 369 g/mol. The minimum Gasteiger partial charge on any atom is -0.494 e. The summed E-state index contributed by atoms with van der Waals surface area (Å²) in [4.78, 5) is 29.9. The van der Waals surface area contributed by atoms with Gasteiger partial charge in [-0.1, -0.05) is 6.92 Å². The van der Waals surface area contributed by atoms with E-state index in [-0.39, 0.29) is 11.5 Å². The summed E-state index contributed by atoms with van der Waals surface area (Å²) < 4.78 is 12.3. The van der Waals surface area contributed by atoms with E-state index in [1.165, 1.54) is 10.9 Å². The van der Waals surface area contributed by atoms with Gasteiger partial charge in [-0.3, -0.25) is 14.2 Å². The Morgan fingerprint density at radius 1 is 1.26 bits per heavy atom. The molecular weight excluding hydrogens is 346 g/mol. The number of hydrogen-bond donors (Lipinski definition) is 1. The zero-order chi connectivity index (χ0) is 19.6. The fourth-order valence-electron chi connectivity index (χ4n) is 3.01. The SMILES string of the molecule is CCOc1ccc(NC(=O)[C@@H](CC)n2cnc3oc(C)c(C)c3c2=O)cc1. The number of amides is 1. The molecule has 1 amide bonds. The lowest BCUT2D eigenvalue weighted by Crippen LogP contribution is -2.33. The zero-order valence-corrected chi connectivity index (χ0v) is 15.9. The number of nitrogens with one attached hydrogen (secondary N) is 1. The second kappa shape index (κ2) is 7.65. The molecule has 0 aliphatic rings. The zero-order valence-electron chi connectivity index (χ0n) is 15.9. The Morgan fingerprint density at radius 2 is 1.96 bits per heavy atom. The number of aromatic nitrogens is 2. The van der Waals surface area contributed by atoms with E-state index < -0.39 is 6.04 Å². The summed E-state index contributed by atoms with van der Waals surface area (Å²) in [6, 6.07) is 6.44. The molecule has 7 heteroatoms. The van der Waals surface area contributed by atoms with Crippen molar-refractivity contribution >= 4 is 22.7 Å². The lowest BCUT2D eigenvalue weighted by molar-refractivity contribution is -0.119. The van der Waals surface area contributed by atoms with Gasteiger partial charge in [0, 0.05) is 11.3 Å². The number of aryl methyl sites for hydroxylation is 2. The summed E-state index contributed by atoms with van der Waals surface area (Å²) in [6.45, 7) is 7.95. The van der Waals surface area contributed by atoms with Gasteiger partial charge in [0.05, 0.1) is 6.61 Å². The first-order valence-corrected chi connectivity index (χ1v) is 8.96. The van der Waals surface area contributed by atoms with Crippen molar-refractivity contribution in [2.24, 2.45) is 0 Å². The van der Waals surface area contributed by atoms with Gasteiger partial charge in [-0.2, -0.15) is 0 Å². The van der Waals surface area contributed by atoms with E-state index in [2.05, 4.69) is 10.3 Å². The van der Waals surface area contributed by atoms with E-state index in [4.69, 9.17) is 9.15 Å². The first kappa shape index (κ1) is 18.7. The van der Waals surface area contributed by atoms with Crippen LogP contribution in [-0.2, 0) is 4.79 Å². The van der Waals surface area contributed by atoms with Gasteiger partial charge in [-0.05, 0) is 51.5 Å². The second-order valence-electron chi connectivity index (χ2n) is 6.29. The molecule has 0 bridgehead atoms. The molecule has 0 saturated heterocycles. The minimum atomic E-state index is -0.671. The highest BCUT2D eigenvalue weighted by atomic mass is 16.5. The van der Waals surface area contributed by atoms with Crippen LogP contribution in [0.2, 0.25) is 0 Å². The molecular formula is C20H23N3O4. The van der Waals surface area contributed by atoms with Crippen molar-refractivity contribution in [3.8, 4) is 5.75 Å². The topological polar surface area (TPSA) is 86.4 Å². The van der Waals surface area contributed by atoms with E-state index in [9.17, 15) is 9.59 Å². The number of carbonyl (C=O) groups excluding carboxylic acids is 1. The van der Waals surface area contributed by atoms with Crippen LogP contribution in [0.1, 0.15) is 37.6 Å². The highest BCUT2D eigenvalue weighted by molar-refractivity contribution is 5.94. The Bertz CT molecular complexity index is 1020. The van der Waals surface area contributed by atoms with Crippen molar-refractivity contribution in [2.45, 2.75) is 40.2 Å². The third-order valence-corrected chi connectivity index (χ3v) is 4.57. The number of nitrogens with zero attached hydrogens (tertiary/aromatic N) is 2.